The molecule has 0 radical (unpaired) electrons. The van der Waals surface area contributed by atoms with Crippen LogP contribution in [-0.4, -0.2) is 24.0 Å². The summed E-state index contributed by atoms with van der Waals surface area (Å²) < 4.78 is 0. The lowest BCUT2D eigenvalue weighted by Gasteiger charge is -2.17. The molecule has 2 heteroatoms. The highest BCUT2D eigenvalue weighted by atomic mass is 15.2. The van der Waals surface area contributed by atoms with Gasteiger partial charge in [-0.25, -0.2) is 0 Å². The maximum absolute atomic E-state index is 6.05. The number of nitrogens with zero attached hydrogens (tertiary/aromatic N) is 1. The lowest BCUT2D eigenvalue weighted by Crippen LogP contribution is -2.28. The maximum atomic E-state index is 6.05. The summed E-state index contributed by atoms with van der Waals surface area (Å²) >= 11 is 0. The molecule has 88 valence electrons. The summed E-state index contributed by atoms with van der Waals surface area (Å²) in [6.45, 7) is 9.80. The number of hydrogen-bond acceptors (Lipinski definition) is 2. The molecule has 1 aromatic carbocycles. The fourth-order valence-electron chi connectivity index (χ4n) is 2.44. The average molecular weight is 218 g/mol. The fraction of sp³-hybridized carbons (Fsp3) is 0.571. The first-order valence-corrected chi connectivity index (χ1v) is 6.10. The van der Waals surface area contributed by atoms with Crippen LogP contribution in [0, 0.1) is 19.8 Å². The van der Waals surface area contributed by atoms with Crippen molar-refractivity contribution in [2.45, 2.75) is 33.4 Å². The molecule has 2 unspecified atom stereocenters. The molecule has 0 aliphatic carbocycles. The molecule has 1 aliphatic rings. The van der Waals surface area contributed by atoms with Crippen molar-refractivity contribution >= 4 is 0 Å². The van der Waals surface area contributed by atoms with Crippen molar-refractivity contribution in [2.24, 2.45) is 11.7 Å². The third-order valence-electron chi connectivity index (χ3n) is 3.64. The summed E-state index contributed by atoms with van der Waals surface area (Å²) in [5, 5.41) is 0. The summed E-state index contributed by atoms with van der Waals surface area (Å²) in [6, 6.07) is 7.04. The Kier molecular flexibility index (Phi) is 3.31. The van der Waals surface area contributed by atoms with Crippen LogP contribution in [0.5, 0.6) is 0 Å². The molecule has 2 atom stereocenters. The lowest BCUT2D eigenvalue weighted by molar-refractivity contribution is 0.318. The molecule has 1 fully saturated rings. The van der Waals surface area contributed by atoms with Gasteiger partial charge in [0.25, 0.3) is 0 Å². The van der Waals surface area contributed by atoms with Gasteiger partial charge in [-0.1, -0.05) is 30.7 Å². The molecule has 0 spiro atoms. The minimum Gasteiger partial charge on any atom is -0.326 e. The largest absolute Gasteiger partial charge is 0.326 e. The second-order valence-corrected chi connectivity index (χ2v) is 5.27. The van der Waals surface area contributed by atoms with E-state index in [1.807, 2.05) is 0 Å². The maximum Gasteiger partial charge on any atom is 0.0237 e. The van der Waals surface area contributed by atoms with Crippen molar-refractivity contribution in [2.75, 3.05) is 13.1 Å². The van der Waals surface area contributed by atoms with Crippen molar-refractivity contribution in [3.8, 4) is 0 Å². The van der Waals surface area contributed by atoms with Crippen LogP contribution in [0.2, 0.25) is 0 Å². The normalized spacial score (nSPS) is 26.2. The standard InChI is InChI=1S/C14H22N2/c1-10-4-5-11(2)13(6-10)8-16-7-12(3)14(15)9-16/h4-6,12,14H,7-9,15H2,1-3H3. The Morgan fingerprint density at radius 1 is 1.31 bits per heavy atom. The van der Waals surface area contributed by atoms with Crippen LogP contribution in [0.4, 0.5) is 0 Å². The minimum absolute atomic E-state index is 0.352. The van der Waals surface area contributed by atoms with Crippen LogP contribution in [0.15, 0.2) is 18.2 Å². The van der Waals surface area contributed by atoms with E-state index >= 15 is 0 Å². The second-order valence-electron chi connectivity index (χ2n) is 5.27. The van der Waals surface area contributed by atoms with E-state index in [4.69, 9.17) is 5.73 Å². The van der Waals surface area contributed by atoms with Gasteiger partial charge in [0, 0.05) is 25.7 Å². The molecular formula is C14H22N2. The number of hydrogen-bond donors (Lipinski definition) is 1. The Hall–Kier alpha value is -0.860. The second kappa shape index (κ2) is 4.56. The molecule has 16 heavy (non-hydrogen) atoms. The van der Waals surface area contributed by atoms with Gasteiger partial charge in [-0.3, -0.25) is 4.90 Å². The van der Waals surface area contributed by atoms with Gasteiger partial charge in [0.15, 0.2) is 0 Å². The van der Waals surface area contributed by atoms with E-state index < -0.39 is 0 Å². The van der Waals surface area contributed by atoms with Gasteiger partial charge in [0.05, 0.1) is 0 Å². The Morgan fingerprint density at radius 2 is 2.06 bits per heavy atom. The quantitative estimate of drug-likeness (QED) is 0.823. The predicted octanol–water partition coefficient (Wildman–Crippen LogP) is 2.08. The molecule has 0 amide bonds. The predicted molar refractivity (Wildman–Crippen MR) is 68.3 cm³/mol. The van der Waals surface area contributed by atoms with Crippen molar-refractivity contribution in [1.29, 1.82) is 0 Å². The molecule has 2 nitrogen and oxygen atoms in total. The lowest BCUT2D eigenvalue weighted by atomic mass is 10.1. The monoisotopic (exact) mass is 218 g/mol. The Balaban J connectivity index is 2.07. The van der Waals surface area contributed by atoms with Gasteiger partial charge < -0.3 is 5.73 Å². The van der Waals surface area contributed by atoms with Crippen LogP contribution >= 0.6 is 0 Å². The number of rotatable bonds is 2. The number of aryl methyl sites for hydroxylation is 2. The van der Waals surface area contributed by atoms with Crippen molar-refractivity contribution in [3.05, 3.63) is 34.9 Å². The van der Waals surface area contributed by atoms with Crippen LogP contribution < -0.4 is 5.73 Å². The van der Waals surface area contributed by atoms with E-state index in [1.165, 1.54) is 16.7 Å². The first-order chi connectivity index (χ1) is 7.56. The van der Waals surface area contributed by atoms with Crippen molar-refractivity contribution in [3.63, 3.8) is 0 Å². The van der Waals surface area contributed by atoms with Gasteiger partial charge in [0.1, 0.15) is 0 Å². The zero-order valence-corrected chi connectivity index (χ0v) is 10.5. The molecule has 1 aliphatic heterocycles. The van der Waals surface area contributed by atoms with Gasteiger partial charge in [-0.05, 0) is 30.9 Å². The molecule has 1 aromatic rings. The van der Waals surface area contributed by atoms with Crippen LogP contribution in [0.3, 0.4) is 0 Å². The number of benzene rings is 1. The molecule has 1 saturated heterocycles. The molecule has 2 rings (SSSR count). The number of nitrogens with two attached hydrogens (primary N) is 1. The Labute approximate surface area is 98.4 Å². The van der Waals surface area contributed by atoms with Crippen LogP contribution in [0.25, 0.3) is 0 Å². The van der Waals surface area contributed by atoms with E-state index in [0.29, 0.717) is 12.0 Å². The summed E-state index contributed by atoms with van der Waals surface area (Å²) in [5.41, 5.74) is 10.2. The smallest absolute Gasteiger partial charge is 0.0237 e. The molecule has 0 aromatic heterocycles. The highest BCUT2D eigenvalue weighted by Gasteiger charge is 2.26. The van der Waals surface area contributed by atoms with E-state index in [0.717, 1.165) is 19.6 Å². The van der Waals surface area contributed by atoms with Gasteiger partial charge in [-0.15, -0.1) is 0 Å². The minimum atomic E-state index is 0.352. The van der Waals surface area contributed by atoms with Crippen molar-refractivity contribution < 1.29 is 0 Å². The molecule has 0 saturated carbocycles. The Bertz CT molecular complexity index is 363. The van der Waals surface area contributed by atoms with Gasteiger partial charge in [-0.2, -0.15) is 0 Å². The van der Waals surface area contributed by atoms with Crippen molar-refractivity contribution in [1.82, 2.24) is 4.90 Å². The van der Waals surface area contributed by atoms with E-state index in [2.05, 4.69) is 43.9 Å². The SMILES string of the molecule is Cc1ccc(C)c(CN2CC(C)C(N)C2)c1. The first kappa shape index (κ1) is 11.6. The van der Waals surface area contributed by atoms with Gasteiger partial charge >= 0.3 is 0 Å². The highest BCUT2D eigenvalue weighted by Crippen LogP contribution is 2.19. The van der Waals surface area contributed by atoms with Crippen LogP contribution in [0.1, 0.15) is 23.6 Å². The topological polar surface area (TPSA) is 29.3 Å². The number of likely N-dealkylation sites (tertiary alicyclic amines) is 1. The average Bonchev–Trinajstić information content (AvgIpc) is 2.52. The van der Waals surface area contributed by atoms with E-state index in [-0.39, 0.29) is 0 Å². The van der Waals surface area contributed by atoms with Crippen LogP contribution in [-0.2, 0) is 6.54 Å². The highest BCUT2D eigenvalue weighted by molar-refractivity contribution is 5.30. The van der Waals surface area contributed by atoms with E-state index in [1.54, 1.807) is 0 Å². The zero-order valence-electron chi connectivity index (χ0n) is 10.5. The first-order valence-electron chi connectivity index (χ1n) is 6.10. The molecule has 1 heterocycles. The van der Waals surface area contributed by atoms with E-state index in [9.17, 15) is 0 Å². The Morgan fingerprint density at radius 3 is 2.69 bits per heavy atom. The summed E-state index contributed by atoms with van der Waals surface area (Å²) in [4.78, 5) is 2.47. The molecule has 2 N–H and O–H groups in total. The summed E-state index contributed by atoms with van der Waals surface area (Å²) in [5.74, 6) is 0.630. The molecule has 0 bridgehead atoms. The summed E-state index contributed by atoms with van der Waals surface area (Å²) in [6.07, 6.45) is 0. The third kappa shape index (κ3) is 2.45. The van der Waals surface area contributed by atoms with Gasteiger partial charge in [0.2, 0.25) is 0 Å². The fourth-order valence-corrected chi connectivity index (χ4v) is 2.44. The zero-order chi connectivity index (χ0) is 11.7. The molecular weight excluding hydrogens is 196 g/mol. The summed E-state index contributed by atoms with van der Waals surface area (Å²) in [7, 11) is 0. The third-order valence-corrected chi connectivity index (χ3v) is 3.64.